The highest BCUT2D eigenvalue weighted by Crippen LogP contribution is 2.19. The molecule has 98 valence electrons. The summed E-state index contributed by atoms with van der Waals surface area (Å²) in [6.07, 6.45) is 0. The summed E-state index contributed by atoms with van der Waals surface area (Å²) in [7, 11) is 0. The Hall–Kier alpha value is -1.82. The topological polar surface area (TPSA) is 67.4 Å². The van der Waals surface area contributed by atoms with Gasteiger partial charge in [-0.05, 0) is 25.1 Å². The van der Waals surface area contributed by atoms with E-state index in [1.165, 1.54) is 12.1 Å². The number of hydrogen-bond acceptors (Lipinski definition) is 3. The third-order valence-electron chi connectivity index (χ3n) is 1.88. The van der Waals surface area contributed by atoms with E-state index in [9.17, 15) is 14.0 Å². The zero-order valence-electron chi connectivity index (χ0n) is 9.63. The number of esters is 1. The summed E-state index contributed by atoms with van der Waals surface area (Å²) in [6.45, 7) is 1.67. The molecular weight excluding hydrogens is 263 g/mol. The largest absolute Gasteiger partial charge is 0.465 e. The summed E-state index contributed by atoms with van der Waals surface area (Å²) in [6, 6.07) is 3.14. The summed E-state index contributed by atoms with van der Waals surface area (Å²) < 4.78 is 17.5. The standard InChI is InChI=1S/C11H12ClFN2O3/c1-2-18-10(16)6-14-11(17)15-7-3-4-9(13)8(12)5-7/h3-5H,2,6H2,1H3,(H2,14,15,17). The number of halogens is 2. The van der Waals surface area contributed by atoms with Gasteiger partial charge >= 0.3 is 12.0 Å². The van der Waals surface area contributed by atoms with Crippen molar-refractivity contribution in [3.05, 3.63) is 29.0 Å². The minimum atomic E-state index is -0.606. The van der Waals surface area contributed by atoms with E-state index >= 15 is 0 Å². The van der Waals surface area contributed by atoms with Crippen molar-refractivity contribution in [2.45, 2.75) is 6.92 Å². The van der Waals surface area contributed by atoms with E-state index in [-0.39, 0.29) is 18.2 Å². The lowest BCUT2D eigenvalue weighted by Gasteiger charge is -2.07. The molecule has 0 atom stereocenters. The molecule has 0 fully saturated rings. The number of ether oxygens (including phenoxy) is 1. The first-order valence-corrected chi connectivity index (χ1v) is 5.56. The van der Waals surface area contributed by atoms with Gasteiger partial charge in [-0.15, -0.1) is 0 Å². The Labute approximate surface area is 108 Å². The van der Waals surface area contributed by atoms with E-state index in [0.29, 0.717) is 5.69 Å². The molecular formula is C11H12ClFN2O3. The van der Waals surface area contributed by atoms with Gasteiger partial charge in [0.2, 0.25) is 0 Å². The normalized spacial score (nSPS) is 9.72. The Morgan fingerprint density at radius 1 is 1.44 bits per heavy atom. The van der Waals surface area contributed by atoms with Crippen LogP contribution in [0.4, 0.5) is 14.9 Å². The fourth-order valence-corrected chi connectivity index (χ4v) is 1.29. The lowest BCUT2D eigenvalue weighted by atomic mass is 10.3. The molecule has 0 heterocycles. The second-order valence-electron chi connectivity index (χ2n) is 3.24. The number of nitrogens with one attached hydrogen (secondary N) is 2. The highest BCUT2D eigenvalue weighted by atomic mass is 35.5. The molecule has 0 saturated heterocycles. The molecule has 1 aromatic rings. The maximum absolute atomic E-state index is 12.9. The molecule has 2 amide bonds. The van der Waals surface area contributed by atoms with E-state index in [1.54, 1.807) is 6.92 Å². The van der Waals surface area contributed by atoms with Gasteiger partial charge in [0.05, 0.1) is 11.6 Å². The third-order valence-corrected chi connectivity index (χ3v) is 2.17. The number of benzene rings is 1. The average molecular weight is 275 g/mol. The van der Waals surface area contributed by atoms with Crippen LogP contribution in [0.2, 0.25) is 5.02 Å². The second kappa shape index (κ2) is 6.80. The molecule has 1 aromatic carbocycles. The number of carbonyl (C=O) groups excluding carboxylic acids is 2. The van der Waals surface area contributed by atoms with Gasteiger partial charge in [-0.1, -0.05) is 11.6 Å². The van der Waals surface area contributed by atoms with Crippen LogP contribution in [0.15, 0.2) is 18.2 Å². The summed E-state index contributed by atoms with van der Waals surface area (Å²) in [5.74, 6) is -1.11. The van der Waals surface area contributed by atoms with Crippen LogP contribution >= 0.6 is 11.6 Å². The van der Waals surface area contributed by atoms with Crippen molar-refractivity contribution in [1.29, 1.82) is 0 Å². The minimum absolute atomic E-state index is 0.0989. The van der Waals surface area contributed by atoms with Crippen LogP contribution in [0, 0.1) is 5.82 Å². The molecule has 0 saturated carbocycles. The number of rotatable bonds is 4. The summed E-state index contributed by atoms with van der Waals surface area (Å²) in [5.41, 5.74) is 0.322. The number of amides is 2. The molecule has 0 radical (unpaired) electrons. The molecule has 0 aliphatic carbocycles. The predicted octanol–water partition coefficient (Wildman–Crippen LogP) is 2.16. The summed E-state index contributed by atoms with van der Waals surface area (Å²) in [4.78, 5) is 22.3. The van der Waals surface area contributed by atoms with E-state index in [1.807, 2.05) is 0 Å². The smallest absolute Gasteiger partial charge is 0.325 e. The maximum Gasteiger partial charge on any atom is 0.325 e. The fraction of sp³-hybridized carbons (Fsp3) is 0.273. The van der Waals surface area contributed by atoms with Crippen molar-refractivity contribution >= 4 is 29.3 Å². The molecule has 0 unspecified atom stereocenters. The van der Waals surface area contributed by atoms with E-state index < -0.39 is 17.8 Å². The number of carbonyl (C=O) groups is 2. The first kappa shape index (κ1) is 14.2. The fourth-order valence-electron chi connectivity index (χ4n) is 1.11. The van der Waals surface area contributed by atoms with Crippen LogP contribution in [-0.2, 0) is 9.53 Å². The van der Waals surface area contributed by atoms with Crippen molar-refractivity contribution in [1.82, 2.24) is 5.32 Å². The average Bonchev–Trinajstić information content (AvgIpc) is 2.32. The molecule has 0 spiro atoms. The SMILES string of the molecule is CCOC(=O)CNC(=O)Nc1ccc(F)c(Cl)c1. The van der Waals surface area contributed by atoms with Crippen molar-refractivity contribution < 1.29 is 18.7 Å². The van der Waals surface area contributed by atoms with Crippen molar-refractivity contribution in [2.24, 2.45) is 0 Å². The third kappa shape index (κ3) is 4.58. The van der Waals surface area contributed by atoms with Crippen molar-refractivity contribution in [2.75, 3.05) is 18.5 Å². The van der Waals surface area contributed by atoms with Crippen LogP contribution in [0.25, 0.3) is 0 Å². The van der Waals surface area contributed by atoms with Gasteiger partial charge in [0.1, 0.15) is 12.4 Å². The Bertz CT molecular complexity index is 454. The van der Waals surface area contributed by atoms with Crippen LogP contribution in [0.1, 0.15) is 6.92 Å². The first-order chi connectivity index (χ1) is 8.52. The van der Waals surface area contributed by atoms with Gasteiger partial charge in [-0.3, -0.25) is 4.79 Å². The molecule has 1 rings (SSSR count). The molecule has 5 nitrogen and oxygen atoms in total. The monoisotopic (exact) mass is 274 g/mol. The quantitative estimate of drug-likeness (QED) is 0.827. The molecule has 0 aromatic heterocycles. The molecule has 7 heteroatoms. The van der Waals surface area contributed by atoms with Crippen molar-refractivity contribution in [3.63, 3.8) is 0 Å². The number of anilines is 1. The van der Waals surface area contributed by atoms with Gasteiger partial charge in [-0.2, -0.15) is 0 Å². The van der Waals surface area contributed by atoms with E-state index in [0.717, 1.165) is 6.07 Å². The van der Waals surface area contributed by atoms with Crippen molar-refractivity contribution in [3.8, 4) is 0 Å². The first-order valence-electron chi connectivity index (χ1n) is 5.18. The Kier molecular flexibility index (Phi) is 5.38. The zero-order valence-corrected chi connectivity index (χ0v) is 10.4. The highest BCUT2D eigenvalue weighted by Gasteiger charge is 2.07. The van der Waals surface area contributed by atoms with Crippen LogP contribution in [0.3, 0.4) is 0 Å². The molecule has 0 aliphatic rings. The lowest BCUT2D eigenvalue weighted by Crippen LogP contribution is -2.34. The highest BCUT2D eigenvalue weighted by molar-refractivity contribution is 6.31. The Balaban J connectivity index is 2.44. The second-order valence-corrected chi connectivity index (χ2v) is 3.65. The predicted molar refractivity (Wildman–Crippen MR) is 65.1 cm³/mol. The lowest BCUT2D eigenvalue weighted by molar-refractivity contribution is -0.141. The van der Waals surface area contributed by atoms with Crippen LogP contribution < -0.4 is 10.6 Å². The Morgan fingerprint density at radius 2 is 2.17 bits per heavy atom. The van der Waals surface area contributed by atoms with Gasteiger partial charge in [0.25, 0.3) is 0 Å². The van der Waals surface area contributed by atoms with Crippen LogP contribution in [-0.4, -0.2) is 25.2 Å². The summed E-state index contributed by atoms with van der Waals surface area (Å²) >= 11 is 5.55. The molecule has 0 bridgehead atoms. The van der Waals surface area contributed by atoms with Crippen LogP contribution in [0.5, 0.6) is 0 Å². The van der Waals surface area contributed by atoms with Gasteiger partial charge in [0, 0.05) is 5.69 Å². The van der Waals surface area contributed by atoms with E-state index in [4.69, 9.17) is 11.6 Å². The number of hydrogen-bond donors (Lipinski definition) is 2. The molecule has 2 N–H and O–H groups in total. The zero-order chi connectivity index (χ0) is 13.5. The van der Waals surface area contributed by atoms with E-state index in [2.05, 4.69) is 15.4 Å². The van der Waals surface area contributed by atoms with Gasteiger partial charge in [-0.25, -0.2) is 9.18 Å². The number of urea groups is 1. The molecule has 0 aliphatic heterocycles. The summed E-state index contributed by atoms with van der Waals surface area (Å²) in [5, 5.41) is 4.59. The maximum atomic E-state index is 12.9. The van der Waals surface area contributed by atoms with Gasteiger partial charge < -0.3 is 15.4 Å². The Morgan fingerprint density at radius 3 is 2.78 bits per heavy atom. The minimum Gasteiger partial charge on any atom is -0.465 e. The molecule has 18 heavy (non-hydrogen) atoms. The van der Waals surface area contributed by atoms with Gasteiger partial charge in [0.15, 0.2) is 0 Å².